The van der Waals surface area contributed by atoms with Crippen LogP contribution in [0.25, 0.3) is 0 Å². The fourth-order valence-corrected chi connectivity index (χ4v) is 3.42. The number of halogens is 2. The lowest BCUT2D eigenvalue weighted by Gasteiger charge is -2.34. The van der Waals surface area contributed by atoms with Gasteiger partial charge in [0.05, 0.1) is 0 Å². The lowest BCUT2D eigenvalue weighted by atomic mass is 9.78. The summed E-state index contributed by atoms with van der Waals surface area (Å²) in [6.45, 7) is 4.86. The fourth-order valence-electron chi connectivity index (χ4n) is 3.42. The summed E-state index contributed by atoms with van der Waals surface area (Å²) in [5.74, 6) is -0.927. The van der Waals surface area contributed by atoms with Crippen molar-refractivity contribution in [2.45, 2.75) is 25.8 Å². The highest BCUT2D eigenvalue weighted by molar-refractivity contribution is 5.18. The van der Waals surface area contributed by atoms with Crippen molar-refractivity contribution < 1.29 is 8.78 Å². The molecular formula is C15H20F2N2. The highest BCUT2D eigenvalue weighted by atomic mass is 19.1. The molecule has 0 aromatic heterocycles. The van der Waals surface area contributed by atoms with Crippen LogP contribution in [0, 0.1) is 17.0 Å². The fraction of sp³-hybridized carbons (Fsp3) is 0.600. The van der Waals surface area contributed by atoms with Crippen molar-refractivity contribution in [3.8, 4) is 0 Å². The second-order valence-corrected chi connectivity index (χ2v) is 5.95. The van der Waals surface area contributed by atoms with Gasteiger partial charge in [-0.05, 0) is 50.4 Å². The lowest BCUT2D eigenvalue weighted by molar-refractivity contribution is 0.193. The molecule has 0 amide bonds. The molecular weight excluding hydrogens is 246 g/mol. The Kier molecular flexibility index (Phi) is 3.54. The van der Waals surface area contributed by atoms with E-state index in [2.05, 4.69) is 10.2 Å². The molecule has 0 unspecified atom stereocenters. The summed E-state index contributed by atoms with van der Waals surface area (Å²) in [4.78, 5) is 2.31. The molecule has 2 saturated heterocycles. The Labute approximate surface area is 112 Å². The van der Waals surface area contributed by atoms with Crippen LogP contribution in [0.2, 0.25) is 0 Å². The number of piperidine rings is 1. The largest absolute Gasteiger partial charge is 0.317 e. The Hall–Kier alpha value is -1.00. The maximum absolute atomic E-state index is 13.7. The van der Waals surface area contributed by atoms with Crippen LogP contribution in [0.5, 0.6) is 0 Å². The second-order valence-electron chi connectivity index (χ2n) is 5.95. The Morgan fingerprint density at radius 1 is 1.16 bits per heavy atom. The van der Waals surface area contributed by atoms with E-state index in [1.54, 1.807) is 6.07 Å². The molecule has 104 valence electrons. The zero-order valence-corrected chi connectivity index (χ0v) is 11.1. The molecule has 1 aromatic rings. The molecule has 2 aliphatic rings. The predicted molar refractivity (Wildman–Crippen MR) is 70.8 cm³/mol. The van der Waals surface area contributed by atoms with Gasteiger partial charge >= 0.3 is 0 Å². The molecule has 19 heavy (non-hydrogen) atoms. The van der Waals surface area contributed by atoms with Crippen LogP contribution in [0.4, 0.5) is 8.78 Å². The number of likely N-dealkylation sites (tertiary alicyclic amines) is 1. The van der Waals surface area contributed by atoms with Gasteiger partial charge < -0.3 is 5.32 Å². The topological polar surface area (TPSA) is 15.3 Å². The van der Waals surface area contributed by atoms with Crippen LogP contribution in [-0.2, 0) is 6.54 Å². The van der Waals surface area contributed by atoms with Crippen LogP contribution in [0.1, 0.15) is 24.8 Å². The molecule has 0 radical (unpaired) electrons. The van der Waals surface area contributed by atoms with E-state index >= 15 is 0 Å². The Balaban J connectivity index is 1.65. The van der Waals surface area contributed by atoms with Gasteiger partial charge in [0.15, 0.2) is 0 Å². The molecule has 1 N–H and O–H groups in total. The van der Waals surface area contributed by atoms with Gasteiger partial charge in [-0.2, -0.15) is 0 Å². The molecule has 2 nitrogen and oxygen atoms in total. The van der Waals surface area contributed by atoms with E-state index in [1.807, 2.05) is 0 Å². The number of hydrogen-bond acceptors (Lipinski definition) is 2. The van der Waals surface area contributed by atoms with E-state index in [-0.39, 0.29) is 0 Å². The van der Waals surface area contributed by atoms with Crippen LogP contribution in [0.3, 0.4) is 0 Å². The van der Waals surface area contributed by atoms with Crippen molar-refractivity contribution >= 4 is 0 Å². The first kappa shape index (κ1) is 13.0. The smallest absolute Gasteiger partial charge is 0.130 e. The third kappa shape index (κ3) is 2.79. The molecule has 3 rings (SSSR count). The quantitative estimate of drug-likeness (QED) is 0.885. The number of benzene rings is 1. The third-order valence-electron chi connectivity index (χ3n) is 4.59. The van der Waals surface area contributed by atoms with Crippen molar-refractivity contribution in [3.63, 3.8) is 0 Å². The van der Waals surface area contributed by atoms with E-state index in [9.17, 15) is 8.78 Å². The van der Waals surface area contributed by atoms with Gasteiger partial charge in [0.1, 0.15) is 11.6 Å². The minimum atomic E-state index is -0.502. The van der Waals surface area contributed by atoms with Gasteiger partial charge in [-0.25, -0.2) is 8.78 Å². The van der Waals surface area contributed by atoms with Gasteiger partial charge in [-0.1, -0.05) is 6.07 Å². The molecule has 2 heterocycles. The Morgan fingerprint density at radius 3 is 2.68 bits per heavy atom. The molecule has 4 heteroatoms. The minimum absolute atomic E-state index is 0.425. The average molecular weight is 266 g/mol. The van der Waals surface area contributed by atoms with Crippen molar-refractivity contribution in [1.29, 1.82) is 0 Å². The monoisotopic (exact) mass is 266 g/mol. The van der Waals surface area contributed by atoms with Gasteiger partial charge in [-0.15, -0.1) is 0 Å². The number of nitrogens with one attached hydrogen (secondary N) is 1. The Morgan fingerprint density at radius 2 is 1.95 bits per heavy atom. The van der Waals surface area contributed by atoms with Crippen LogP contribution >= 0.6 is 0 Å². The molecule has 1 spiro atoms. The van der Waals surface area contributed by atoms with Gasteiger partial charge in [0, 0.05) is 24.7 Å². The standard InChI is InChI=1S/C15H20F2N2/c16-13-2-1-12(14(17)9-13)10-19-8-5-15(11-19)3-6-18-7-4-15/h1-2,9,18H,3-8,10-11H2. The Bertz CT molecular complexity index is 455. The summed E-state index contributed by atoms with van der Waals surface area (Å²) in [5.41, 5.74) is 1.04. The first-order valence-electron chi connectivity index (χ1n) is 7.04. The van der Waals surface area contributed by atoms with E-state index in [0.29, 0.717) is 17.5 Å². The summed E-state index contributed by atoms with van der Waals surface area (Å²) in [6, 6.07) is 3.89. The summed E-state index contributed by atoms with van der Waals surface area (Å²) in [5, 5.41) is 3.40. The summed E-state index contributed by atoms with van der Waals surface area (Å²) < 4.78 is 26.5. The second kappa shape index (κ2) is 5.17. The molecule has 2 aliphatic heterocycles. The van der Waals surface area contributed by atoms with Crippen molar-refractivity contribution in [3.05, 3.63) is 35.4 Å². The SMILES string of the molecule is Fc1ccc(CN2CCC3(CCNCC3)C2)c(F)c1. The van der Waals surface area contributed by atoms with E-state index in [0.717, 1.165) is 32.2 Å². The molecule has 0 bridgehead atoms. The van der Waals surface area contributed by atoms with Crippen molar-refractivity contribution in [2.75, 3.05) is 26.2 Å². The van der Waals surface area contributed by atoms with E-state index in [4.69, 9.17) is 0 Å². The molecule has 0 saturated carbocycles. The molecule has 2 fully saturated rings. The van der Waals surface area contributed by atoms with Gasteiger partial charge in [0.25, 0.3) is 0 Å². The summed E-state index contributed by atoms with van der Waals surface area (Å²) in [6.07, 6.45) is 3.64. The van der Waals surface area contributed by atoms with Crippen LogP contribution < -0.4 is 5.32 Å². The maximum atomic E-state index is 13.7. The first-order valence-corrected chi connectivity index (χ1v) is 7.04. The zero-order valence-electron chi connectivity index (χ0n) is 11.1. The highest BCUT2D eigenvalue weighted by Crippen LogP contribution is 2.39. The van der Waals surface area contributed by atoms with Crippen molar-refractivity contribution in [2.24, 2.45) is 5.41 Å². The molecule has 0 aliphatic carbocycles. The maximum Gasteiger partial charge on any atom is 0.130 e. The summed E-state index contributed by atoms with van der Waals surface area (Å²) in [7, 11) is 0. The average Bonchev–Trinajstić information content (AvgIpc) is 2.77. The third-order valence-corrected chi connectivity index (χ3v) is 4.59. The van der Waals surface area contributed by atoms with Crippen LogP contribution in [-0.4, -0.2) is 31.1 Å². The normalized spacial score (nSPS) is 23.1. The molecule has 0 atom stereocenters. The van der Waals surface area contributed by atoms with E-state index in [1.165, 1.54) is 25.3 Å². The van der Waals surface area contributed by atoms with Crippen molar-refractivity contribution in [1.82, 2.24) is 10.2 Å². The summed E-state index contributed by atoms with van der Waals surface area (Å²) >= 11 is 0. The number of rotatable bonds is 2. The first-order chi connectivity index (χ1) is 9.17. The molecule has 1 aromatic carbocycles. The number of hydrogen-bond donors (Lipinski definition) is 1. The van der Waals surface area contributed by atoms with Crippen LogP contribution in [0.15, 0.2) is 18.2 Å². The number of nitrogens with zero attached hydrogens (tertiary/aromatic N) is 1. The van der Waals surface area contributed by atoms with E-state index < -0.39 is 11.6 Å². The predicted octanol–water partition coefficient (Wildman–Crippen LogP) is 2.54. The minimum Gasteiger partial charge on any atom is -0.317 e. The zero-order chi connectivity index (χ0) is 13.3. The lowest BCUT2D eigenvalue weighted by Crippen LogP contribution is -2.38. The van der Waals surface area contributed by atoms with Gasteiger partial charge in [-0.3, -0.25) is 4.90 Å². The highest BCUT2D eigenvalue weighted by Gasteiger charge is 2.38. The van der Waals surface area contributed by atoms with Gasteiger partial charge in [0.2, 0.25) is 0 Å².